The van der Waals surface area contributed by atoms with E-state index in [2.05, 4.69) is 28.8 Å². The Hall–Kier alpha value is -3.14. The van der Waals surface area contributed by atoms with Gasteiger partial charge in [0.15, 0.2) is 0 Å². The number of rotatable bonds is 3. The normalized spacial score (nSPS) is 11.1. The third kappa shape index (κ3) is 2.66. The Morgan fingerprint density at radius 2 is 1.80 bits per heavy atom. The van der Waals surface area contributed by atoms with Gasteiger partial charge < -0.3 is 9.30 Å². The molecule has 4 aromatic rings. The molecule has 0 saturated heterocycles. The van der Waals surface area contributed by atoms with Gasteiger partial charge >= 0.3 is 5.97 Å². The molecule has 124 valence electrons. The quantitative estimate of drug-likeness (QED) is 0.404. The Kier molecular flexibility index (Phi) is 3.73. The molecule has 4 nitrogen and oxygen atoms in total. The van der Waals surface area contributed by atoms with E-state index in [9.17, 15) is 4.79 Å². The van der Waals surface area contributed by atoms with E-state index in [1.165, 1.54) is 5.39 Å². The molecule has 0 aliphatic heterocycles. The average Bonchev–Trinajstić information content (AvgIpc) is 2.99. The first kappa shape index (κ1) is 15.4. The number of hydrogen-bond acceptors (Lipinski definition) is 3. The summed E-state index contributed by atoms with van der Waals surface area (Å²) in [4.78, 5) is 16.3. The fourth-order valence-electron chi connectivity index (χ4n) is 3.06. The van der Waals surface area contributed by atoms with E-state index >= 15 is 0 Å². The number of carbonyl (C=O) groups is 1. The van der Waals surface area contributed by atoms with Crippen LogP contribution in [0.1, 0.15) is 13.3 Å². The smallest absolute Gasteiger partial charge is 0.310 e. The molecule has 0 amide bonds. The molecule has 0 bridgehead atoms. The Morgan fingerprint density at radius 1 is 1.04 bits per heavy atom. The van der Waals surface area contributed by atoms with Crippen molar-refractivity contribution in [2.24, 2.45) is 7.05 Å². The summed E-state index contributed by atoms with van der Waals surface area (Å²) in [6.07, 6.45) is 0.361. The SMILES string of the molecule is CCC(=O)Oc1ccc(-c2nc3c4ccccc4ccc3n2C)cc1. The van der Waals surface area contributed by atoms with Crippen molar-refractivity contribution in [3.8, 4) is 17.1 Å². The van der Waals surface area contributed by atoms with Gasteiger partial charge in [0.25, 0.3) is 0 Å². The van der Waals surface area contributed by atoms with E-state index < -0.39 is 0 Å². The second-order valence-electron chi connectivity index (χ2n) is 6.00. The minimum Gasteiger partial charge on any atom is -0.427 e. The summed E-state index contributed by atoms with van der Waals surface area (Å²) in [6.45, 7) is 1.78. The van der Waals surface area contributed by atoms with Gasteiger partial charge in [-0.1, -0.05) is 37.3 Å². The molecule has 1 heterocycles. The number of nitrogens with zero attached hydrogens (tertiary/aromatic N) is 2. The van der Waals surface area contributed by atoms with E-state index in [1.54, 1.807) is 19.1 Å². The van der Waals surface area contributed by atoms with Crippen LogP contribution in [0.15, 0.2) is 60.7 Å². The molecular formula is C21H18N2O2. The van der Waals surface area contributed by atoms with Gasteiger partial charge in [-0.05, 0) is 35.7 Å². The molecule has 0 spiro atoms. The number of carbonyl (C=O) groups excluding carboxylic acids is 1. The van der Waals surface area contributed by atoms with Crippen LogP contribution in [0.3, 0.4) is 0 Å². The van der Waals surface area contributed by atoms with Crippen LogP contribution in [0, 0.1) is 0 Å². The molecule has 4 heteroatoms. The molecule has 0 aliphatic rings. The molecule has 4 rings (SSSR count). The van der Waals surface area contributed by atoms with Crippen molar-refractivity contribution in [3.05, 3.63) is 60.7 Å². The fraction of sp³-hybridized carbons (Fsp3) is 0.143. The maximum Gasteiger partial charge on any atom is 0.310 e. The summed E-state index contributed by atoms with van der Waals surface area (Å²) in [5.41, 5.74) is 3.08. The van der Waals surface area contributed by atoms with E-state index in [-0.39, 0.29) is 5.97 Å². The summed E-state index contributed by atoms with van der Waals surface area (Å²) in [5.74, 6) is 1.21. The van der Waals surface area contributed by atoms with Crippen molar-refractivity contribution >= 4 is 27.8 Å². The zero-order chi connectivity index (χ0) is 17.4. The summed E-state index contributed by atoms with van der Waals surface area (Å²) < 4.78 is 7.33. The first-order valence-electron chi connectivity index (χ1n) is 8.32. The average molecular weight is 330 g/mol. The minimum absolute atomic E-state index is 0.234. The molecule has 0 aliphatic carbocycles. The van der Waals surface area contributed by atoms with Crippen molar-refractivity contribution in [1.29, 1.82) is 0 Å². The predicted octanol–water partition coefficient (Wildman–Crippen LogP) is 4.71. The molecule has 0 saturated carbocycles. The predicted molar refractivity (Wildman–Crippen MR) is 99.6 cm³/mol. The summed E-state index contributed by atoms with van der Waals surface area (Å²) in [7, 11) is 2.02. The Bertz CT molecular complexity index is 1080. The van der Waals surface area contributed by atoms with E-state index in [4.69, 9.17) is 9.72 Å². The third-order valence-corrected chi connectivity index (χ3v) is 4.41. The maximum absolute atomic E-state index is 11.4. The van der Waals surface area contributed by atoms with Gasteiger partial charge in [0, 0.05) is 24.4 Å². The molecule has 1 aromatic heterocycles. The number of hydrogen-bond donors (Lipinski definition) is 0. The molecule has 0 N–H and O–H groups in total. The van der Waals surface area contributed by atoms with Crippen molar-refractivity contribution in [1.82, 2.24) is 9.55 Å². The van der Waals surface area contributed by atoms with Gasteiger partial charge in [0.2, 0.25) is 0 Å². The molecule has 0 radical (unpaired) electrons. The van der Waals surface area contributed by atoms with Gasteiger partial charge in [-0.25, -0.2) is 4.98 Å². The second kappa shape index (κ2) is 6.06. The van der Waals surface area contributed by atoms with Crippen molar-refractivity contribution in [3.63, 3.8) is 0 Å². The monoisotopic (exact) mass is 330 g/mol. The van der Waals surface area contributed by atoms with Crippen LogP contribution in [0.4, 0.5) is 0 Å². The molecule has 0 unspecified atom stereocenters. The van der Waals surface area contributed by atoms with Gasteiger partial charge in [-0.2, -0.15) is 0 Å². The minimum atomic E-state index is -0.234. The van der Waals surface area contributed by atoms with Crippen molar-refractivity contribution in [2.75, 3.05) is 0 Å². The fourth-order valence-corrected chi connectivity index (χ4v) is 3.06. The van der Waals surface area contributed by atoms with Crippen LogP contribution in [0.5, 0.6) is 5.75 Å². The molecule has 0 atom stereocenters. The Balaban J connectivity index is 1.80. The standard InChI is InChI=1S/C21H18N2O2/c1-3-19(24)25-16-11-8-15(9-12-16)21-22-20-17-7-5-4-6-14(17)10-13-18(20)23(21)2/h4-13H,3H2,1-2H3. The lowest BCUT2D eigenvalue weighted by Crippen LogP contribution is -2.05. The molecule has 25 heavy (non-hydrogen) atoms. The molecule has 3 aromatic carbocycles. The Labute approximate surface area is 145 Å². The summed E-state index contributed by atoms with van der Waals surface area (Å²) in [6, 6.07) is 20.0. The zero-order valence-electron chi connectivity index (χ0n) is 14.2. The largest absolute Gasteiger partial charge is 0.427 e. The van der Waals surface area contributed by atoms with Gasteiger partial charge in [-0.15, -0.1) is 0 Å². The van der Waals surface area contributed by atoms with E-state index in [0.717, 1.165) is 27.8 Å². The second-order valence-corrected chi connectivity index (χ2v) is 6.00. The van der Waals surface area contributed by atoms with E-state index in [1.807, 2.05) is 31.3 Å². The number of benzene rings is 3. The van der Waals surface area contributed by atoms with E-state index in [0.29, 0.717) is 12.2 Å². The molecular weight excluding hydrogens is 312 g/mol. The topological polar surface area (TPSA) is 44.1 Å². The van der Waals surface area contributed by atoms with Crippen LogP contribution in [-0.4, -0.2) is 15.5 Å². The molecule has 0 fully saturated rings. The lowest BCUT2D eigenvalue weighted by Gasteiger charge is -2.05. The zero-order valence-corrected chi connectivity index (χ0v) is 14.2. The first-order valence-corrected chi connectivity index (χ1v) is 8.32. The third-order valence-electron chi connectivity index (χ3n) is 4.41. The highest BCUT2D eigenvalue weighted by atomic mass is 16.5. The van der Waals surface area contributed by atoms with Gasteiger partial charge in [0.1, 0.15) is 11.6 Å². The van der Waals surface area contributed by atoms with Crippen LogP contribution in [-0.2, 0) is 11.8 Å². The van der Waals surface area contributed by atoms with Crippen LogP contribution in [0.25, 0.3) is 33.2 Å². The van der Waals surface area contributed by atoms with Crippen molar-refractivity contribution in [2.45, 2.75) is 13.3 Å². The van der Waals surface area contributed by atoms with Crippen LogP contribution < -0.4 is 4.74 Å². The number of aryl methyl sites for hydroxylation is 1. The highest BCUT2D eigenvalue weighted by Crippen LogP contribution is 2.30. The van der Waals surface area contributed by atoms with Crippen LogP contribution in [0.2, 0.25) is 0 Å². The number of aromatic nitrogens is 2. The van der Waals surface area contributed by atoms with Gasteiger partial charge in [-0.3, -0.25) is 4.79 Å². The number of imidazole rings is 1. The number of esters is 1. The summed E-state index contributed by atoms with van der Waals surface area (Å²) in [5, 5.41) is 2.33. The van der Waals surface area contributed by atoms with Crippen LogP contribution >= 0.6 is 0 Å². The first-order chi connectivity index (χ1) is 12.2. The van der Waals surface area contributed by atoms with Gasteiger partial charge in [0.05, 0.1) is 11.0 Å². The maximum atomic E-state index is 11.4. The highest BCUT2D eigenvalue weighted by molar-refractivity contribution is 6.05. The summed E-state index contributed by atoms with van der Waals surface area (Å²) >= 11 is 0. The Morgan fingerprint density at radius 3 is 2.56 bits per heavy atom. The number of fused-ring (bicyclic) bond motifs is 3. The number of ether oxygens (including phenoxy) is 1. The highest BCUT2D eigenvalue weighted by Gasteiger charge is 2.12. The lowest BCUT2D eigenvalue weighted by atomic mass is 10.1. The lowest BCUT2D eigenvalue weighted by molar-refractivity contribution is -0.134. The van der Waals surface area contributed by atoms with Crippen molar-refractivity contribution < 1.29 is 9.53 Å².